The van der Waals surface area contributed by atoms with E-state index in [0.29, 0.717) is 43.2 Å². The van der Waals surface area contributed by atoms with Gasteiger partial charge in [0.25, 0.3) is 5.91 Å². The van der Waals surface area contributed by atoms with E-state index in [1.54, 1.807) is 23.4 Å². The van der Waals surface area contributed by atoms with Gasteiger partial charge in [-0.05, 0) is 55.2 Å². The molecule has 0 spiro atoms. The lowest BCUT2D eigenvalue weighted by Crippen LogP contribution is -2.44. The van der Waals surface area contributed by atoms with Crippen molar-refractivity contribution in [1.29, 1.82) is 0 Å². The molecule has 1 aliphatic rings. The predicted octanol–water partition coefficient (Wildman–Crippen LogP) is 3.64. The van der Waals surface area contributed by atoms with Crippen LogP contribution in [0.5, 0.6) is 0 Å². The van der Waals surface area contributed by atoms with Crippen LogP contribution in [0.3, 0.4) is 0 Å². The van der Waals surface area contributed by atoms with Crippen LogP contribution >= 0.6 is 0 Å². The molecule has 2 amide bonds. The number of nitrogens with zero attached hydrogens (tertiary/aromatic N) is 4. The molecular weight excluding hydrogens is 425 g/mol. The summed E-state index contributed by atoms with van der Waals surface area (Å²) in [5.74, 6) is -0.0332. The van der Waals surface area contributed by atoms with Gasteiger partial charge in [-0.2, -0.15) is 4.98 Å². The zero-order valence-electron chi connectivity index (χ0n) is 18.6. The van der Waals surface area contributed by atoms with Crippen molar-refractivity contribution in [3.63, 3.8) is 0 Å². The molecule has 1 aromatic carbocycles. The van der Waals surface area contributed by atoms with E-state index in [0.717, 1.165) is 5.56 Å². The molecule has 1 saturated heterocycles. The Morgan fingerprint density at radius 1 is 1.15 bits per heavy atom. The van der Waals surface area contributed by atoms with Crippen molar-refractivity contribution in [2.24, 2.45) is 11.8 Å². The Balaban J connectivity index is 1.36. The zero-order chi connectivity index (χ0) is 23.4. The molecular formula is C24H26FN5O3. The van der Waals surface area contributed by atoms with E-state index in [-0.39, 0.29) is 29.5 Å². The van der Waals surface area contributed by atoms with Gasteiger partial charge in [-0.1, -0.05) is 19.0 Å². The topological polar surface area (TPSA) is 101 Å². The van der Waals surface area contributed by atoms with Crippen LogP contribution in [0.2, 0.25) is 0 Å². The van der Waals surface area contributed by atoms with Crippen LogP contribution in [0, 0.1) is 17.7 Å². The highest BCUT2D eigenvalue weighted by atomic mass is 19.1. The number of carbonyl (C=O) groups is 2. The quantitative estimate of drug-likeness (QED) is 0.614. The number of likely N-dealkylation sites (tertiary alicyclic amines) is 1. The van der Waals surface area contributed by atoms with Crippen LogP contribution in [0.4, 0.5) is 4.39 Å². The van der Waals surface area contributed by atoms with Gasteiger partial charge in [-0.25, -0.2) is 4.39 Å². The molecule has 1 atom stereocenters. The normalized spacial score (nSPS) is 15.5. The van der Waals surface area contributed by atoms with E-state index in [1.165, 1.54) is 24.3 Å². The first-order chi connectivity index (χ1) is 15.9. The maximum absolute atomic E-state index is 13.1. The summed E-state index contributed by atoms with van der Waals surface area (Å²) in [6, 6.07) is 8.72. The van der Waals surface area contributed by atoms with Crippen molar-refractivity contribution in [3.05, 3.63) is 66.1 Å². The van der Waals surface area contributed by atoms with Gasteiger partial charge < -0.3 is 14.7 Å². The standard InChI is InChI=1S/C24H26FN5O3/c1-15(2)20(23-28-21(29-33-23)18-4-3-11-26-14-18)27-22(31)16-9-12-30(13-10-16)24(32)17-5-7-19(25)8-6-17/h3-8,11,14-16,20H,9-10,12-13H2,1-2H3,(H,27,31). The third-order valence-electron chi connectivity index (χ3n) is 5.84. The molecule has 1 unspecified atom stereocenters. The number of nitrogens with one attached hydrogen (secondary N) is 1. The fraction of sp³-hybridized carbons (Fsp3) is 0.375. The number of rotatable bonds is 6. The average molecular weight is 452 g/mol. The van der Waals surface area contributed by atoms with E-state index in [4.69, 9.17) is 4.52 Å². The summed E-state index contributed by atoms with van der Waals surface area (Å²) in [6.45, 7) is 4.88. The number of aromatic nitrogens is 3. The first-order valence-electron chi connectivity index (χ1n) is 11.0. The van der Waals surface area contributed by atoms with Crippen LogP contribution in [0.15, 0.2) is 53.3 Å². The Hall–Kier alpha value is -3.62. The summed E-state index contributed by atoms with van der Waals surface area (Å²) < 4.78 is 18.6. The van der Waals surface area contributed by atoms with Crippen LogP contribution in [0.1, 0.15) is 49.0 Å². The third-order valence-corrected chi connectivity index (χ3v) is 5.84. The summed E-state index contributed by atoms with van der Waals surface area (Å²) in [6.07, 6.45) is 4.42. The lowest BCUT2D eigenvalue weighted by atomic mass is 9.94. The molecule has 3 heterocycles. The van der Waals surface area contributed by atoms with E-state index < -0.39 is 6.04 Å². The summed E-state index contributed by atoms with van der Waals surface area (Å²) >= 11 is 0. The Morgan fingerprint density at radius 3 is 2.52 bits per heavy atom. The molecule has 172 valence electrons. The van der Waals surface area contributed by atoms with Crippen LogP contribution in [-0.2, 0) is 4.79 Å². The number of benzene rings is 1. The minimum Gasteiger partial charge on any atom is -0.344 e. The lowest BCUT2D eigenvalue weighted by molar-refractivity contribution is -0.127. The van der Waals surface area contributed by atoms with Crippen molar-refractivity contribution < 1.29 is 18.5 Å². The number of piperidine rings is 1. The number of pyridine rings is 1. The maximum atomic E-state index is 13.1. The predicted molar refractivity (Wildman–Crippen MR) is 118 cm³/mol. The van der Waals surface area contributed by atoms with Gasteiger partial charge >= 0.3 is 0 Å². The third kappa shape index (κ3) is 5.24. The minimum atomic E-state index is -0.422. The maximum Gasteiger partial charge on any atom is 0.253 e. The van der Waals surface area contributed by atoms with Gasteiger partial charge in [0.15, 0.2) is 0 Å². The monoisotopic (exact) mass is 451 g/mol. The number of hydrogen-bond acceptors (Lipinski definition) is 6. The van der Waals surface area contributed by atoms with Gasteiger partial charge in [0.1, 0.15) is 11.9 Å². The molecule has 1 N–H and O–H groups in total. The second kappa shape index (κ2) is 9.89. The van der Waals surface area contributed by atoms with Crippen molar-refractivity contribution >= 4 is 11.8 Å². The molecule has 0 bridgehead atoms. The molecule has 1 aliphatic heterocycles. The van der Waals surface area contributed by atoms with E-state index >= 15 is 0 Å². The van der Waals surface area contributed by atoms with E-state index in [2.05, 4.69) is 20.4 Å². The van der Waals surface area contributed by atoms with Gasteiger partial charge in [0, 0.05) is 42.5 Å². The average Bonchev–Trinajstić information content (AvgIpc) is 3.33. The Bertz CT molecular complexity index is 1090. The Morgan fingerprint density at radius 2 is 1.88 bits per heavy atom. The number of halogens is 1. The largest absolute Gasteiger partial charge is 0.344 e. The Labute approximate surface area is 191 Å². The first kappa shape index (κ1) is 22.6. The fourth-order valence-corrected chi connectivity index (χ4v) is 3.88. The molecule has 0 aliphatic carbocycles. The molecule has 1 fully saturated rings. The summed E-state index contributed by atoms with van der Waals surface area (Å²) in [5, 5.41) is 7.08. The fourth-order valence-electron chi connectivity index (χ4n) is 3.88. The number of carbonyl (C=O) groups excluding carboxylic acids is 2. The van der Waals surface area contributed by atoms with Crippen molar-refractivity contribution in [2.45, 2.75) is 32.7 Å². The van der Waals surface area contributed by atoms with Crippen LogP contribution < -0.4 is 5.32 Å². The Kier molecular flexibility index (Phi) is 6.76. The van der Waals surface area contributed by atoms with Crippen LogP contribution in [-0.4, -0.2) is 44.9 Å². The molecule has 9 heteroatoms. The molecule has 2 aromatic heterocycles. The minimum absolute atomic E-state index is 0.0382. The van der Waals surface area contributed by atoms with Gasteiger partial charge in [-0.15, -0.1) is 0 Å². The van der Waals surface area contributed by atoms with E-state index in [9.17, 15) is 14.0 Å². The van der Waals surface area contributed by atoms with Crippen molar-refractivity contribution in [1.82, 2.24) is 25.3 Å². The van der Waals surface area contributed by atoms with Crippen molar-refractivity contribution in [2.75, 3.05) is 13.1 Å². The second-order valence-corrected chi connectivity index (χ2v) is 8.50. The number of amides is 2. The molecule has 0 radical (unpaired) electrons. The first-order valence-corrected chi connectivity index (χ1v) is 11.0. The molecule has 4 rings (SSSR count). The van der Waals surface area contributed by atoms with E-state index in [1.807, 2.05) is 19.9 Å². The highest BCUT2D eigenvalue weighted by Gasteiger charge is 2.31. The number of hydrogen-bond donors (Lipinski definition) is 1. The van der Waals surface area contributed by atoms with Gasteiger partial charge in [-0.3, -0.25) is 14.6 Å². The molecule has 3 aromatic rings. The summed E-state index contributed by atoms with van der Waals surface area (Å²) in [4.78, 5) is 35.9. The van der Waals surface area contributed by atoms with Crippen LogP contribution in [0.25, 0.3) is 11.4 Å². The molecule has 8 nitrogen and oxygen atoms in total. The highest BCUT2D eigenvalue weighted by molar-refractivity contribution is 5.94. The summed E-state index contributed by atoms with van der Waals surface area (Å²) in [7, 11) is 0. The smallest absolute Gasteiger partial charge is 0.253 e. The lowest BCUT2D eigenvalue weighted by Gasteiger charge is -2.32. The van der Waals surface area contributed by atoms with Gasteiger partial charge in [0.2, 0.25) is 17.6 Å². The molecule has 0 saturated carbocycles. The SMILES string of the molecule is CC(C)C(NC(=O)C1CCN(C(=O)c2ccc(F)cc2)CC1)c1nc(-c2cccnc2)no1. The zero-order valence-corrected chi connectivity index (χ0v) is 18.6. The highest BCUT2D eigenvalue weighted by Crippen LogP contribution is 2.26. The van der Waals surface area contributed by atoms with Gasteiger partial charge in [0.05, 0.1) is 0 Å². The second-order valence-electron chi connectivity index (χ2n) is 8.50. The molecule has 33 heavy (non-hydrogen) atoms. The van der Waals surface area contributed by atoms with Crippen molar-refractivity contribution in [3.8, 4) is 11.4 Å². The summed E-state index contributed by atoms with van der Waals surface area (Å²) in [5.41, 5.74) is 1.18.